The zero-order valence-corrected chi connectivity index (χ0v) is 13.4. The summed E-state index contributed by atoms with van der Waals surface area (Å²) in [6.45, 7) is 3.54. The number of halogens is 2. The Balaban J connectivity index is 1.87. The molecule has 1 amide bonds. The van der Waals surface area contributed by atoms with Crippen LogP contribution in [0.5, 0.6) is 0 Å². The first kappa shape index (κ1) is 15.6. The van der Waals surface area contributed by atoms with Crippen LogP contribution in [0.1, 0.15) is 10.4 Å². The van der Waals surface area contributed by atoms with Gasteiger partial charge in [0.2, 0.25) is 0 Å². The summed E-state index contributed by atoms with van der Waals surface area (Å²) in [7, 11) is 0. The molecule has 0 atom stereocenters. The van der Waals surface area contributed by atoms with Gasteiger partial charge in [-0.3, -0.25) is 9.69 Å². The number of nitrogen functional groups attached to an aromatic ring is 1. The van der Waals surface area contributed by atoms with E-state index in [2.05, 4.69) is 26.1 Å². The Bertz CT molecular complexity index is 495. The molecule has 0 radical (unpaired) electrons. The highest BCUT2D eigenvalue weighted by Crippen LogP contribution is 2.22. The van der Waals surface area contributed by atoms with E-state index < -0.39 is 5.82 Å². The molecule has 0 aliphatic carbocycles. The van der Waals surface area contributed by atoms with Gasteiger partial charge in [-0.15, -0.1) is 0 Å². The molecule has 3 N–H and O–H groups in total. The number of carbonyl (C=O) groups is 1. The minimum Gasteiger partial charge on any atom is -0.396 e. The highest BCUT2D eigenvalue weighted by atomic mass is 79.9. The van der Waals surface area contributed by atoms with Crippen molar-refractivity contribution in [2.75, 3.05) is 43.4 Å². The van der Waals surface area contributed by atoms with Gasteiger partial charge in [0.1, 0.15) is 5.82 Å². The van der Waals surface area contributed by atoms with Gasteiger partial charge in [0, 0.05) is 42.2 Å². The van der Waals surface area contributed by atoms with Crippen molar-refractivity contribution in [2.45, 2.75) is 0 Å². The van der Waals surface area contributed by atoms with E-state index in [1.807, 2.05) is 11.8 Å². The molecule has 1 aliphatic heterocycles. The van der Waals surface area contributed by atoms with Gasteiger partial charge in [-0.25, -0.2) is 4.39 Å². The van der Waals surface area contributed by atoms with Crippen LogP contribution in [0.2, 0.25) is 0 Å². The Hall–Kier alpha value is -0.790. The molecule has 0 aromatic heterocycles. The number of hydrogen-bond acceptors (Lipinski definition) is 4. The lowest BCUT2D eigenvalue weighted by Crippen LogP contribution is -2.39. The van der Waals surface area contributed by atoms with E-state index in [1.54, 1.807) is 0 Å². The topological polar surface area (TPSA) is 58.4 Å². The third kappa shape index (κ3) is 4.10. The van der Waals surface area contributed by atoms with Crippen molar-refractivity contribution in [1.29, 1.82) is 0 Å². The lowest BCUT2D eigenvalue weighted by molar-refractivity contribution is 0.0948. The third-order valence-electron chi connectivity index (χ3n) is 3.15. The van der Waals surface area contributed by atoms with Gasteiger partial charge in [0.25, 0.3) is 5.91 Å². The molecule has 0 saturated carbocycles. The molecule has 4 nitrogen and oxygen atoms in total. The Morgan fingerprint density at radius 1 is 1.45 bits per heavy atom. The SMILES string of the molecule is Nc1cc(C(=O)NCCN2CCSCC2)c(Br)cc1F. The second-order valence-corrected chi connectivity index (χ2v) is 6.64. The number of nitrogens with zero attached hydrogens (tertiary/aromatic N) is 1. The molecule has 110 valence electrons. The fourth-order valence-electron chi connectivity index (χ4n) is 1.99. The Labute approximate surface area is 130 Å². The number of anilines is 1. The lowest BCUT2D eigenvalue weighted by atomic mass is 10.2. The maximum atomic E-state index is 13.2. The monoisotopic (exact) mass is 361 g/mol. The molecule has 1 aromatic rings. The van der Waals surface area contributed by atoms with Crippen LogP contribution in [0.3, 0.4) is 0 Å². The van der Waals surface area contributed by atoms with Crippen molar-refractivity contribution in [3.05, 3.63) is 28.0 Å². The minimum absolute atomic E-state index is 0.0218. The average Bonchev–Trinajstić information content (AvgIpc) is 2.44. The normalized spacial score (nSPS) is 16.1. The predicted octanol–water partition coefficient (Wildman–Crippen LogP) is 1.95. The van der Waals surface area contributed by atoms with Gasteiger partial charge >= 0.3 is 0 Å². The molecule has 2 rings (SSSR count). The number of rotatable bonds is 4. The summed E-state index contributed by atoms with van der Waals surface area (Å²) in [5, 5.41) is 2.84. The summed E-state index contributed by atoms with van der Waals surface area (Å²) in [5.41, 5.74) is 5.82. The zero-order valence-electron chi connectivity index (χ0n) is 11.0. The van der Waals surface area contributed by atoms with Crippen molar-refractivity contribution >= 4 is 39.3 Å². The van der Waals surface area contributed by atoms with E-state index in [-0.39, 0.29) is 11.6 Å². The molecule has 7 heteroatoms. The first-order valence-electron chi connectivity index (χ1n) is 6.41. The van der Waals surface area contributed by atoms with Crippen molar-refractivity contribution in [3.8, 4) is 0 Å². The predicted molar refractivity (Wildman–Crippen MR) is 84.6 cm³/mol. The highest BCUT2D eigenvalue weighted by Gasteiger charge is 2.14. The first-order chi connectivity index (χ1) is 9.58. The summed E-state index contributed by atoms with van der Waals surface area (Å²) in [6, 6.07) is 2.57. The molecule has 1 aliphatic rings. The summed E-state index contributed by atoms with van der Waals surface area (Å²) < 4.78 is 13.6. The van der Waals surface area contributed by atoms with Crippen LogP contribution >= 0.6 is 27.7 Å². The fraction of sp³-hybridized carbons (Fsp3) is 0.462. The van der Waals surface area contributed by atoms with Crippen LogP contribution in [0.4, 0.5) is 10.1 Å². The number of nitrogens with one attached hydrogen (secondary N) is 1. The van der Waals surface area contributed by atoms with E-state index in [0.717, 1.165) is 31.1 Å². The highest BCUT2D eigenvalue weighted by molar-refractivity contribution is 9.10. The maximum Gasteiger partial charge on any atom is 0.252 e. The van der Waals surface area contributed by atoms with E-state index in [9.17, 15) is 9.18 Å². The zero-order chi connectivity index (χ0) is 14.5. The van der Waals surface area contributed by atoms with Crippen LogP contribution in [-0.4, -0.2) is 48.5 Å². The van der Waals surface area contributed by atoms with Crippen LogP contribution in [0, 0.1) is 5.82 Å². The van der Waals surface area contributed by atoms with Crippen molar-refractivity contribution in [2.24, 2.45) is 0 Å². The van der Waals surface area contributed by atoms with Gasteiger partial charge in [-0.1, -0.05) is 0 Å². The van der Waals surface area contributed by atoms with Crippen LogP contribution in [-0.2, 0) is 0 Å². The number of benzene rings is 1. The molecule has 0 unspecified atom stereocenters. The van der Waals surface area contributed by atoms with Gasteiger partial charge in [0.15, 0.2) is 0 Å². The quantitative estimate of drug-likeness (QED) is 0.804. The van der Waals surface area contributed by atoms with Crippen molar-refractivity contribution in [1.82, 2.24) is 10.2 Å². The average molecular weight is 362 g/mol. The molecule has 1 heterocycles. The van der Waals surface area contributed by atoms with Gasteiger partial charge in [-0.2, -0.15) is 11.8 Å². The van der Waals surface area contributed by atoms with E-state index in [0.29, 0.717) is 16.6 Å². The number of amides is 1. The Morgan fingerprint density at radius 3 is 2.85 bits per heavy atom. The molecule has 1 fully saturated rings. The largest absolute Gasteiger partial charge is 0.396 e. The van der Waals surface area contributed by atoms with E-state index >= 15 is 0 Å². The summed E-state index contributed by atoms with van der Waals surface area (Å²) in [6.07, 6.45) is 0. The summed E-state index contributed by atoms with van der Waals surface area (Å²) >= 11 is 5.14. The number of nitrogens with two attached hydrogens (primary N) is 1. The number of hydrogen-bond donors (Lipinski definition) is 2. The fourth-order valence-corrected chi connectivity index (χ4v) is 3.46. The second kappa shape index (κ2) is 7.28. The Morgan fingerprint density at radius 2 is 2.15 bits per heavy atom. The second-order valence-electron chi connectivity index (χ2n) is 4.56. The maximum absolute atomic E-state index is 13.2. The summed E-state index contributed by atoms with van der Waals surface area (Å²) in [4.78, 5) is 14.4. The minimum atomic E-state index is -0.528. The smallest absolute Gasteiger partial charge is 0.252 e. The summed E-state index contributed by atoms with van der Waals surface area (Å²) in [5.74, 6) is 1.52. The molecular formula is C13H17BrFN3OS. The van der Waals surface area contributed by atoms with Gasteiger partial charge < -0.3 is 11.1 Å². The van der Waals surface area contributed by atoms with Crippen molar-refractivity contribution in [3.63, 3.8) is 0 Å². The van der Waals surface area contributed by atoms with Crippen molar-refractivity contribution < 1.29 is 9.18 Å². The molecule has 1 aromatic carbocycles. The lowest BCUT2D eigenvalue weighted by Gasteiger charge is -2.26. The number of thioether (sulfide) groups is 1. The molecule has 0 bridgehead atoms. The van der Waals surface area contributed by atoms with Gasteiger partial charge in [-0.05, 0) is 28.1 Å². The first-order valence-corrected chi connectivity index (χ1v) is 8.35. The van der Waals surface area contributed by atoms with Crippen LogP contribution < -0.4 is 11.1 Å². The Kier molecular flexibility index (Phi) is 5.68. The standard InChI is InChI=1S/C13H17BrFN3OS/c14-10-8-11(15)12(16)7-9(10)13(19)17-1-2-18-3-5-20-6-4-18/h7-8H,1-6,16H2,(H,17,19). The van der Waals surface area contributed by atoms with Crippen LogP contribution in [0.15, 0.2) is 16.6 Å². The van der Waals surface area contributed by atoms with Gasteiger partial charge in [0.05, 0.1) is 11.3 Å². The van der Waals surface area contributed by atoms with Crippen LogP contribution in [0.25, 0.3) is 0 Å². The van der Waals surface area contributed by atoms with E-state index in [4.69, 9.17) is 5.73 Å². The molecular weight excluding hydrogens is 345 g/mol. The molecule has 0 spiro atoms. The number of carbonyl (C=O) groups excluding carboxylic acids is 1. The van der Waals surface area contributed by atoms with E-state index in [1.165, 1.54) is 12.1 Å². The molecule has 20 heavy (non-hydrogen) atoms. The molecule has 1 saturated heterocycles. The third-order valence-corrected chi connectivity index (χ3v) is 4.75.